The van der Waals surface area contributed by atoms with Crippen LogP contribution in [0.2, 0.25) is 0 Å². The Morgan fingerprint density at radius 2 is 2.09 bits per heavy atom. The fourth-order valence-corrected chi connectivity index (χ4v) is 1.41. The second-order valence-corrected chi connectivity index (χ2v) is 3.71. The zero-order chi connectivity index (χ0) is 8.27. The zero-order valence-corrected chi connectivity index (χ0v) is 7.55. The summed E-state index contributed by atoms with van der Waals surface area (Å²) in [7, 11) is 0. The van der Waals surface area contributed by atoms with Crippen LogP contribution in [-0.2, 0) is 4.74 Å². The standard InChI is InChI=1S/C9H19NO/c1-7(10)6-8(2)11-9-4-3-5-9/h7-9H,3-6,10H2,1-2H3. The first-order chi connectivity index (χ1) is 5.18. The van der Waals surface area contributed by atoms with E-state index in [1.54, 1.807) is 0 Å². The van der Waals surface area contributed by atoms with Crippen molar-refractivity contribution in [2.45, 2.75) is 57.8 Å². The molecular weight excluding hydrogens is 138 g/mol. The first-order valence-electron chi connectivity index (χ1n) is 4.59. The topological polar surface area (TPSA) is 35.2 Å². The Hall–Kier alpha value is -0.0800. The molecule has 0 aromatic heterocycles. The van der Waals surface area contributed by atoms with Gasteiger partial charge in [0, 0.05) is 6.04 Å². The van der Waals surface area contributed by atoms with Crippen molar-refractivity contribution in [3.8, 4) is 0 Å². The van der Waals surface area contributed by atoms with E-state index in [0.717, 1.165) is 6.42 Å². The molecule has 0 bridgehead atoms. The molecule has 1 saturated carbocycles. The summed E-state index contributed by atoms with van der Waals surface area (Å²) in [6.07, 6.45) is 5.72. The first kappa shape index (κ1) is 9.01. The molecule has 0 radical (unpaired) electrons. The number of nitrogens with two attached hydrogens (primary N) is 1. The highest BCUT2D eigenvalue weighted by molar-refractivity contribution is 4.71. The van der Waals surface area contributed by atoms with Crippen LogP contribution in [0.15, 0.2) is 0 Å². The molecular formula is C9H19NO. The minimum Gasteiger partial charge on any atom is -0.375 e. The Morgan fingerprint density at radius 3 is 2.45 bits per heavy atom. The maximum absolute atomic E-state index is 5.72. The van der Waals surface area contributed by atoms with E-state index in [1.165, 1.54) is 19.3 Å². The van der Waals surface area contributed by atoms with Gasteiger partial charge >= 0.3 is 0 Å². The van der Waals surface area contributed by atoms with E-state index in [-0.39, 0.29) is 6.04 Å². The predicted molar refractivity (Wildman–Crippen MR) is 46.5 cm³/mol. The largest absolute Gasteiger partial charge is 0.375 e. The van der Waals surface area contributed by atoms with Gasteiger partial charge in [-0.15, -0.1) is 0 Å². The average Bonchev–Trinajstić information content (AvgIpc) is 1.77. The van der Waals surface area contributed by atoms with Gasteiger partial charge in [-0.25, -0.2) is 0 Å². The van der Waals surface area contributed by atoms with Gasteiger partial charge in [0.15, 0.2) is 0 Å². The quantitative estimate of drug-likeness (QED) is 0.674. The molecule has 2 unspecified atom stereocenters. The molecule has 2 N–H and O–H groups in total. The summed E-state index contributed by atoms with van der Waals surface area (Å²) in [5, 5.41) is 0. The summed E-state index contributed by atoms with van der Waals surface area (Å²) >= 11 is 0. The van der Waals surface area contributed by atoms with Crippen molar-refractivity contribution >= 4 is 0 Å². The third-order valence-electron chi connectivity index (χ3n) is 2.18. The lowest BCUT2D eigenvalue weighted by Gasteiger charge is -2.29. The summed E-state index contributed by atoms with van der Waals surface area (Å²) < 4.78 is 5.72. The predicted octanol–water partition coefficient (Wildman–Crippen LogP) is 1.68. The maximum atomic E-state index is 5.72. The SMILES string of the molecule is CC(N)CC(C)OC1CCC1. The second kappa shape index (κ2) is 4.07. The van der Waals surface area contributed by atoms with Crippen LogP contribution in [0.1, 0.15) is 39.5 Å². The monoisotopic (exact) mass is 157 g/mol. The normalized spacial score (nSPS) is 24.3. The molecule has 1 aliphatic carbocycles. The molecule has 1 fully saturated rings. The van der Waals surface area contributed by atoms with Crippen molar-refractivity contribution in [2.24, 2.45) is 5.73 Å². The molecule has 0 aliphatic heterocycles. The van der Waals surface area contributed by atoms with E-state index in [9.17, 15) is 0 Å². The molecule has 0 spiro atoms. The Kier molecular flexibility index (Phi) is 3.34. The molecule has 2 atom stereocenters. The third-order valence-corrected chi connectivity index (χ3v) is 2.18. The van der Waals surface area contributed by atoms with Gasteiger partial charge in [0.1, 0.15) is 0 Å². The van der Waals surface area contributed by atoms with E-state index in [2.05, 4.69) is 6.92 Å². The summed E-state index contributed by atoms with van der Waals surface area (Å²) in [6.45, 7) is 4.14. The van der Waals surface area contributed by atoms with Gasteiger partial charge < -0.3 is 10.5 Å². The van der Waals surface area contributed by atoms with Crippen LogP contribution in [0.25, 0.3) is 0 Å². The van der Waals surface area contributed by atoms with Crippen molar-refractivity contribution in [3.63, 3.8) is 0 Å². The molecule has 2 heteroatoms. The Morgan fingerprint density at radius 1 is 1.45 bits per heavy atom. The molecule has 0 aromatic rings. The van der Waals surface area contributed by atoms with E-state index in [0.29, 0.717) is 12.2 Å². The highest BCUT2D eigenvalue weighted by Gasteiger charge is 2.20. The van der Waals surface area contributed by atoms with Gasteiger partial charge in [-0.3, -0.25) is 0 Å². The zero-order valence-electron chi connectivity index (χ0n) is 7.55. The summed E-state index contributed by atoms with van der Waals surface area (Å²) in [4.78, 5) is 0. The fourth-order valence-electron chi connectivity index (χ4n) is 1.41. The van der Waals surface area contributed by atoms with Crippen molar-refractivity contribution in [1.82, 2.24) is 0 Å². The first-order valence-corrected chi connectivity index (χ1v) is 4.59. The van der Waals surface area contributed by atoms with Crippen molar-refractivity contribution in [3.05, 3.63) is 0 Å². The minimum atomic E-state index is 0.269. The van der Waals surface area contributed by atoms with Crippen LogP contribution in [0, 0.1) is 0 Å². The molecule has 11 heavy (non-hydrogen) atoms. The van der Waals surface area contributed by atoms with Crippen LogP contribution in [-0.4, -0.2) is 18.2 Å². The minimum absolute atomic E-state index is 0.269. The van der Waals surface area contributed by atoms with Crippen LogP contribution in [0.3, 0.4) is 0 Å². The van der Waals surface area contributed by atoms with E-state index in [4.69, 9.17) is 10.5 Å². The molecule has 0 amide bonds. The third kappa shape index (κ3) is 3.21. The summed E-state index contributed by atoms with van der Waals surface area (Å²) in [6, 6.07) is 0.269. The molecule has 1 aliphatic rings. The van der Waals surface area contributed by atoms with Gasteiger partial charge in [0.2, 0.25) is 0 Å². The molecule has 66 valence electrons. The molecule has 2 nitrogen and oxygen atoms in total. The van der Waals surface area contributed by atoms with Crippen molar-refractivity contribution < 1.29 is 4.74 Å². The number of rotatable bonds is 4. The lowest BCUT2D eigenvalue weighted by Crippen LogP contribution is -2.30. The van der Waals surface area contributed by atoms with Gasteiger partial charge in [0.05, 0.1) is 12.2 Å². The Balaban J connectivity index is 2.04. The smallest absolute Gasteiger partial charge is 0.0578 e. The average molecular weight is 157 g/mol. The van der Waals surface area contributed by atoms with Crippen LogP contribution < -0.4 is 5.73 Å². The molecule has 0 saturated heterocycles. The van der Waals surface area contributed by atoms with Crippen molar-refractivity contribution in [1.29, 1.82) is 0 Å². The molecule has 0 heterocycles. The van der Waals surface area contributed by atoms with Crippen LogP contribution >= 0.6 is 0 Å². The number of hydrogen-bond acceptors (Lipinski definition) is 2. The van der Waals surface area contributed by atoms with E-state index < -0.39 is 0 Å². The number of hydrogen-bond donors (Lipinski definition) is 1. The lowest BCUT2D eigenvalue weighted by atomic mass is 9.96. The Bertz CT molecular complexity index is 110. The highest BCUT2D eigenvalue weighted by atomic mass is 16.5. The second-order valence-electron chi connectivity index (χ2n) is 3.71. The van der Waals surface area contributed by atoms with E-state index in [1.807, 2.05) is 6.92 Å². The molecule has 1 rings (SSSR count). The lowest BCUT2D eigenvalue weighted by molar-refractivity contribution is -0.0475. The van der Waals surface area contributed by atoms with E-state index >= 15 is 0 Å². The van der Waals surface area contributed by atoms with Gasteiger partial charge in [-0.05, 0) is 39.5 Å². The van der Waals surface area contributed by atoms with Crippen LogP contribution in [0.5, 0.6) is 0 Å². The van der Waals surface area contributed by atoms with Gasteiger partial charge in [-0.2, -0.15) is 0 Å². The molecule has 0 aromatic carbocycles. The maximum Gasteiger partial charge on any atom is 0.0578 e. The Labute approximate surface area is 69.1 Å². The highest BCUT2D eigenvalue weighted by Crippen LogP contribution is 2.23. The summed E-state index contributed by atoms with van der Waals surface area (Å²) in [5.41, 5.74) is 5.65. The summed E-state index contributed by atoms with van der Waals surface area (Å²) in [5.74, 6) is 0. The number of ether oxygens (including phenoxy) is 1. The van der Waals surface area contributed by atoms with Crippen molar-refractivity contribution in [2.75, 3.05) is 0 Å². The van der Waals surface area contributed by atoms with Crippen LogP contribution in [0.4, 0.5) is 0 Å². The van der Waals surface area contributed by atoms with Gasteiger partial charge in [0.25, 0.3) is 0 Å². The fraction of sp³-hybridized carbons (Fsp3) is 1.00. The van der Waals surface area contributed by atoms with Gasteiger partial charge in [-0.1, -0.05) is 0 Å².